The number of hydrogen-bond donors (Lipinski definition) is 2. The molecular formula is C8H19N3. The van der Waals surface area contributed by atoms with Gasteiger partial charge in [-0.15, -0.1) is 0 Å². The normalized spacial score (nSPS) is 24.5. The van der Waals surface area contributed by atoms with E-state index < -0.39 is 0 Å². The highest BCUT2D eigenvalue weighted by molar-refractivity contribution is 4.68. The molecule has 1 atom stereocenters. The standard InChI is InChI=1S/C8H19N3/c1-8(9)7-11-5-2-3-10-4-6-11/h8,10H,2-7,9H2,1H3. The van der Waals surface area contributed by atoms with Gasteiger partial charge in [-0.2, -0.15) is 0 Å². The van der Waals surface area contributed by atoms with Crippen molar-refractivity contribution in [2.45, 2.75) is 19.4 Å². The van der Waals surface area contributed by atoms with Crippen LogP contribution in [0.3, 0.4) is 0 Å². The van der Waals surface area contributed by atoms with Gasteiger partial charge in [-0.1, -0.05) is 0 Å². The summed E-state index contributed by atoms with van der Waals surface area (Å²) >= 11 is 0. The first-order valence-corrected chi connectivity index (χ1v) is 4.47. The first-order valence-electron chi connectivity index (χ1n) is 4.47. The van der Waals surface area contributed by atoms with E-state index in [1.165, 1.54) is 13.0 Å². The van der Waals surface area contributed by atoms with Crippen LogP contribution in [0, 0.1) is 0 Å². The van der Waals surface area contributed by atoms with Gasteiger partial charge in [-0.25, -0.2) is 0 Å². The third-order valence-electron chi connectivity index (χ3n) is 1.98. The number of nitrogens with two attached hydrogens (primary N) is 1. The Hall–Kier alpha value is -0.120. The zero-order chi connectivity index (χ0) is 8.10. The second kappa shape index (κ2) is 4.70. The molecule has 0 radical (unpaired) electrons. The summed E-state index contributed by atoms with van der Waals surface area (Å²) in [5.74, 6) is 0. The number of nitrogens with one attached hydrogen (secondary N) is 1. The Balaban J connectivity index is 2.20. The molecule has 3 nitrogen and oxygen atoms in total. The Morgan fingerprint density at radius 2 is 2.27 bits per heavy atom. The van der Waals surface area contributed by atoms with Crippen LogP contribution in [0.25, 0.3) is 0 Å². The second-order valence-electron chi connectivity index (χ2n) is 3.38. The maximum atomic E-state index is 5.71. The van der Waals surface area contributed by atoms with E-state index in [4.69, 9.17) is 5.73 Å². The lowest BCUT2D eigenvalue weighted by Crippen LogP contribution is -2.37. The highest BCUT2D eigenvalue weighted by atomic mass is 15.2. The van der Waals surface area contributed by atoms with E-state index in [0.29, 0.717) is 6.04 Å². The van der Waals surface area contributed by atoms with E-state index in [9.17, 15) is 0 Å². The van der Waals surface area contributed by atoms with Crippen molar-refractivity contribution >= 4 is 0 Å². The third-order valence-corrected chi connectivity index (χ3v) is 1.98. The molecule has 0 bridgehead atoms. The predicted molar refractivity (Wildman–Crippen MR) is 47.6 cm³/mol. The molecule has 0 saturated carbocycles. The third kappa shape index (κ3) is 3.70. The van der Waals surface area contributed by atoms with Crippen LogP contribution in [-0.4, -0.2) is 43.7 Å². The maximum Gasteiger partial charge on any atom is 0.0139 e. The Morgan fingerprint density at radius 3 is 3.00 bits per heavy atom. The van der Waals surface area contributed by atoms with E-state index >= 15 is 0 Å². The molecule has 11 heavy (non-hydrogen) atoms. The zero-order valence-corrected chi connectivity index (χ0v) is 7.34. The Bertz CT molecular complexity index is 95.5. The highest BCUT2D eigenvalue weighted by Crippen LogP contribution is 1.95. The van der Waals surface area contributed by atoms with Gasteiger partial charge in [0.05, 0.1) is 0 Å². The fourth-order valence-corrected chi connectivity index (χ4v) is 1.49. The summed E-state index contributed by atoms with van der Waals surface area (Å²) < 4.78 is 0. The summed E-state index contributed by atoms with van der Waals surface area (Å²) in [4.78, 5) is 2.44. The molecule has 0 aromatic carbocycles. The van der Waals surface area contributed by atoms with Gasteiger partial charge in [-0.3, -0.25) is 0 Å². The van der Waals surface area contributed by atoms with Crippen LogP contribution in [0.2, 0.25) is 0 Å². The van der Waals surface area contributed by atoms with Gasteiger partial charge in [0.2, 0.25) is 0 Å². The van der Waals surface area contributed by atoms with Gasteiger partial charge in [0, 0.05) is 25.7 Å². The van der Waals surface area contributed by atoms with Crippen molar-refractivity contribution in [3.05, 3.63) is 0 Å². The quantitative estimate of drug-likeness (QED) is 0.574. The fraction of sp³-hybridized carbons (Fsp3) is 1.00. The molecule has 0 amide bonds. The van der Waals surface area contributed by atoms with Crippen molar-refractivity contribution in [3.63, 3.8) is 0 Å². The number of rotatable bonds is 2. The van der Waals surface area contributed by atoms with Gasteiger partial charge in [0.15, 0.2) is 0 Å². The highest BCUT2D eigenvalue weighted by Gasteiger charge is 2.08. The average Bonchev–Trinajstić information content (AvgIpc) is 2.14. The minimum Gasteiger partial charge on any atom is -0.327 e. The number of nitrogens with zero attached hydrogens (tertiary/aromatic N) is 1. The molecule has 1 aliphatic rings. The summed E-state index contributed by atoms with van der Waals surface area (Å²) in [5, 5.41) is 3.37. The minimum atomic E-state index is 0.313. The van der Waals surface area contributed by atoms with Gasteiger partial charge in [0.1, 0.15) is 0 Å². The molecular weight excluding hydrogens is 138 g/mol. The largest absolute Gasteiger partial charge is 0.327 e. The Morgan fingerprint density at radius 1 is 1.45 bits per heavy atom. The lowest BCUT2D eigenvalue weighted by Gasteiger charge is -2.21. The van der Waals surface area contributed by atoms with Crippen molar-refractivity contribution in [2.24, 2.45) is 5.73 Å². The van der Waals surface area contributed by atoms with Crippen LogP contribution in [0.1, 0.15) is 13.3 Å². The molecule has 1 heterocycles. The van der Waals surface area contributed by atoms with E-state index in [-0.39, 0.29) is 0 Å². The van der Waals surface area contributed by atoms with Crippen LogP contribution in [-0.2, 0) is 0 Å². The summed E-state index contributed by atoms with van der Waals surface area (Å²) in [6.07, 6.45) is 1.26. The molecule has 1 fully saturated rings. The van der Waals surface area contributed by atoms with Crippen molar-refractivity contribution in [1.82, 2.24) is 10.2 Å². The van der Waals surface area contributed by atoms with Crippen molar-refractivity contribution in [2.75, 3.05) is 32.7 Å². The first kappa shape index (κ1) is 8.97. The van der Waals surface area contributed by atoms with Crippen LogP contribution in [0.4, 0.5) is 0 Å². The van der Waals surface area contributed by atoms with Crippen molar-refractivity contribution < 1.29 is 0 Å². The van der Waals surface area contributed by atoms with Gasteiger partial charge in [0.25, 0.3) is 0 Å². The van der Waals surface area contributed by atoms with E-state index in [2.05, 4.69) is 17.1 Å². The van der Waals surface area contributed by atoms with E-state index in [1.807, 2.05) is 0 Å². The second-order valence-corrected chi connectivity index (χ2v) is 3.38. The fourth-order valence-electron chi connectivity index (χ4n) is 1.49. The SMILES string of the molecule is CC(N)CN1CCCNCC1. The monoisotopic (exact) mass is 157 g/mol. The summed E-state index contributed by atoms with van der Waals surface area (Å²) in [7, 11) is 0. The smallest absolute Gasteiger partial charge is 0.0139 e. The average molecular weight is 157 g/mol. The molecule has 3 heteroatoms. The molecule has 1 unspecified atom stereocenters. The zero-order valence-electron chi connectivity index (χ0n) is 7.34. The molecule has 0 spiro atoms. The minimum absolute atomic E-state index is 0.313. The lowest BCUT2D eigenvalue weighted by atomic mass is 10.3. The van der Waals surface area contributed by atoms with Gasteiger partial charge < -0.3 is 16.0 Å². The molecule has 1 rings (SSSR count). The van der Waals surface area contributed by atoms with Crippen LogP contribution in [0.5, 0.6) is 0 Å². The summed E-state index contributed by atoms with van der Waals surface area (Å²) in [6.45, 7) is 7.75. The lowest BCUT2D eigenvalue weighted by molar-refractivity contribution is 0.278. The molecule has 1 aliphatic heterocycles. The van der Waals surface area contributed by atoms with Gasteiger partial charge >= 0.3 is 0 Å². The van der Waals surface area contributed by atoms with Crippen molar-refractivity contribution in [3.8, 4) is 0 Å². The Kier molecular flexibility index (Phi) is 3.83. The first-order chi connectivity index (χ1) is 5.29. The predicted octanol–water partition coefficient (Wildman–Crippen LogP) is -0.371. The molecule has 0 aromatic heterocycles. The molecule has 66 valence electrons. The van der Waals surface area contributed by atoms with E-state index in [1.54, 1.807) is 0 Å². The van der Waals surface area contributed by atoms with Crippen molar-refractivity contribution in [1.29, 1.82) is 0 Å². The van der Waals surface area contributed by atoms with Gasteiger partial charge in [-0.05, 0) is 26.4 Å². The molecule has 1 saturated heterocycles. The molecule has 0 aliphatic carbocycles. The summed E-state index contributed by atoms with van der Waals surface area (Å²) in [6, 6.07) is 0.313. The molecule has 3 N–H and O–H groups in total. The Labute approximate surface area is 68.9 Å². The van der Waals surface area contributed by atoms with E-state index in [0.717, 1.165) is 26.2 Å². The van der Waals surface area contributed by atoms with Crippen LogP contribution in [0.15, 0.2) is 0 Å². The summed E-state index contributed by atoms with van der Waals surface area (Å²) in [5.41, 5.74) is 5.71. The van der Waals surface area contributed by atoms with Crippen LogP contribution >= 0.6 is 0 Å². The topological polar surface area (TPSA) is 41.3 Å². The number of hydrogen-bond acceptors (Lipinski definition) is 3. The van der Waals surface area contributed by atoms with Crippen LogP contribution < -0.4 is 11.1 Å². The maximum absolute atomic E-state index is 5.71. The molecule has 0 aromatic rings.